The zero-order valence-electron chi connectivity index (χ0n) is 13.4. The molecule has 0 radical (unpaired) electrons. The van der Waals surface area contributed by atoms with E-state index in [1.165, 1.54) is 0 Å². The highest BCUT2D eigenvalue weighted by Gasteiger charge is 2.17. The van der Waals surface area contributed by atoms with Crippen LogP contribution in [0.15, 0.2) is 39.8 Å². The van der Waals surface area contributed by atoms with Crippen molar-refractivity contribution in [2.75, 3.05) is 6.54 Å². The van der Waals surface area contributed by atoms with Gasteiger partial charge in [0.1, 0.15) is 5.76 Å². The highest BCUT2D eigenvalue weighted by Crippen LogP contribution is 2.23. The molecule has 1 N–H and O–H groups in total. The molecule has 1 aromatic carbocycles. The molecule has 2 rings (SSSR count). The molecule has 0 amide bonds. The van der Waals surface area contributed by atoms with Crippen molar-refractivity contribution in [1.82, 2.24) is 9.71 Å². The van der Waals surface area contributed by atoms with Gasteiger partial charge >= 0.3 is 0 Å². The predicted octanol–water partition coefficient (Wildman–Crippen LogP) is 2.80. The molecular weight excluding hydrogens is 300 g/mol. The van der Waals surface area contributed by atoms with Gasteiger partial charge in [-0.25, -0.2) is 18.1 Å². The smallest absolute Gasteiger partial charge is 0.240 e. The van der Waals surface area contributed by atoms with E-state index in [-0.39, 0.29) is 16.9 Å². The van der Waals surface area contributed by atoms with Crippen LogP contribution in [0, 0.1) is 6.92 Å². The molecule has 0 saturated carbocycles. The SMILES string of the molecule is Cc1cnc(CCNS(=O)(=O)c2ccc(C(C)(C)C)cc2)o1. The first-order chi connectivity index (χ1) is 10.2. The Bertz CT molecular complexity index is 725. The predicted molar refractivity (Wildman–Crippen MR) is 85.3 cm³/mol. The van der Waals surface area contributed by atoms with Crippen LogP contribution >= 0.6 is 0 Å². The second-order valence-corrected chi connectivity index (χ2v) is 8.05. The summed E-state index contributed by atoms with van der Waals surface area (Å²) in [6.07, 6.45) is 2.04. The van der Waals surface area contributed by atoms with Gasteiger partial charge in [0, 0.05) is 13.0 Å². The number of hydrogen-bond donors (Lipinski definition) is 1. The zero-order valence-corrected chi connectivity index (χ0v) is 14.2. The van der Waals surface area contributed by atoms with Gasteiger partial charge in [-0.05, 0) is 30.0 Å². The first-order valence-corrected chi connectivity index (χ1v) is 8.68. The van der Waals surface area contributed by atoms with Crippen LogP contribution in [0.5, 0.6) is 0 Å². The Morgan fingerprint density at radius 2 is 1.82 bits per heavy atom. The fraction of sp³-hybridized carbons (Fsp3) is 0.438. The normalized spacial score (nSPS) is 12.5. The van der Waals surface area contributed by atoms with Crippen molar-refractivity contribution in [1.29, 1.82) is 0 Å². The summed E-state index contributed by atoms with van der Waals surface area (Å²) < 4.78 is 32.3. The summed E-state index contributed by atoms with van der Waals surface area (Å²) in [6.45, 7) is 8.33. The van der Waals surface area contributed by atoms with E-state index in [1.54, 1.807) is 25.3 Å². The molecule has 1 aromatic heterocycles. The summed E-state index contributed by atoms with van der Waals surface area (Å²) in [6, 6.07) is 6.98. The van der Waals surface area contributed by atoms with Crippen molar-refractivity contribution in [2.24, 2.45) is 0 Å². The number of rotatable bonds is 5. The van der Waals surface area contributed by atoms with Crippen LogP contribution in [-0.4, -0.2) is 19.9 Å². The molecule has 0 aliphatic carbocycles. The minimum absolute atomic E-state index is 0.00145. The number of aryl methyl sites for hydroxylation is 1. The van der Waals surface area contributed by atoms with Gasteiger partial charge in [-0.15, -0.1) is 0 Å². The molecule has 0 unspecified atom stereocenters. The molecule has 0 bridgehead atoms. The molecule has 0 spiro atoms. The van der Waals surface area contributed by atoms with Crippen LogP contribution in [-0.2, 0) is 21.9 Å². The minimum Gasteiger partial charge on any atom is -0.446 e. The van der Waals surface area contributed by atoms with Gasteiger partial charge in [0.15, 0.2) is 5.89 Å². The molecule has 6 heteroatoms. The van der Waals surface area contributed by atoms with Gasteiger partial charge in [0.05, 0.1) is 11.1 Å². The monoisotopic (exact) mass is 322 g/mol. The number of nitrogens with zero attached hydrogens (tertiary/aromatic N) is 1. The van der Waals surface area contributed by atoms with Crippen molar-refractivity contribution in [3.05, 3.63) is 47.7 Å². The fourth-order valence-electron chi connectivity index (χ4n) is 2.03. The van der Waals surface area contributed by atoms with Crippen LogP contribution in [0.4, 0.5) is 0 Å². The van der Waals surface area contributed by atoms with Crippen LogP contribution < -0.4 is 4.72 Å². The van der Waals surface area contributed by atoms with E-state index in [0.29, 0.717) is 12.3 Å². The summed E-state index contributed by atoms with van der Waals surface area (Å²) in [5.41, 5.74) is 1.10. The molecule has 22 heavy (non-hydrogen) atoms. The lowest BCUT2D eigenvalue weighted by Gasteiger charge is -2.19. The lowest BCUT2D eigenvalue weighted by molar-refractivity contribution is 0.469. The van der Waals surface area contributed by atoms with Crippen molar-refractivity contribution < 1.29 is 12.8 Å². The highest BCUT2D eigenvalue weighted by molar-refractivity contribution is 7.89. The van der Waals surface area contributed by atoms with E-state index in [4.69, 9.17) is 4.42 Å². The lowest BCUT2D eigenvalue weighted by Crippen LogP contribution is -2.26. The summed E-state index contributed by atoms with van der Waals surface area (Å²) in [5, 5.41) is 0. The third-order valence-electron chi connectivity index (χ3n) is 3.33. The average Bonchev–Trinajstić information content (AvgIpc) is 2.83. The van der Waals surface area contributed by atoms with Gasteiger partial charge < -0.3 is 4.42 Å². The minimum atomic E-state index is -3.51. The Morgan fingerprint density at radius 1 is 1.18 bits per heavy atom. The van der Waals surface area contributed by atoms with E-state index < -0.39 is 10.0 Å². The van der Waals surface area contributed by atoms with E-state index in [9.17, 15) is 8.42 Å². The Hall–Kier alpha value is -1.66. The summed E-state index contributed by atoms with van der Waals surface area (Å²) in [5.74, 6) is 1.25. The molecule has 5 nitrogen and oxygen atoms in total. The molecular formula is C16H22N2O3S. The number of nitrogens with one attached hydrogen (secondary N) is 1. The molecule has 0 aliphatic heterocycles. The number of hydrogen-bond acceptors (Lipinski definition) is 4. The lowest BCUT2D eigenvalue weighted by atomic mass is 9.87. The Labute approximate surface area is 131 Å². The Balaban J connectivity index is 2.00. The summed E-state index contributed by atoms with van der Waals surface area (Å²) >= 11 is 0. The van der Waals surface area contributed by atoms with Gasteiger partial charge in [-0.3, -0.25) is 0 Å². The van der Waals surface area contributed by atoms with Crippen LogP contribution in [0.1, 0.15) is 38.0 Å². The Kier molecular flexibility index (Phi) is 4.72. The maximum atomic E-state index is 12.2. The van der Waals surface area contributed by atoms with E-state index in [1.807, 2.05) is 12.1 Å². The summed E-state index contributed by atoms with van der Waals surface area (Å²) in [7, 11) is -3.51. The van der Waals surface area contributed by atoms with Crippen LogP contribution in [0.2, 0.25) is 0 Å². The number of sulfonamides is 1. The van der Waals surface area contributed by atoms with E-state index in [0.717, 1.165) is 11.3 Å². The molecule has 0 atom stereocenters. The standard InChI is InChI=1S/C16H22N2O3S/c1-12-11-17-15(21-12)9-10-18-22(19,20)14-7-5-13(6-8-14)16(2,3)4/h5-8,11,18H,9-10H2,1-4H3. The van der Waals surface area contributed by atoms with Gasteiger partial charge in [-0.1, -0.05) is 32.9 Å². The second kappa shape index (κ2) is 6.22. The molecule has 0 saturated heterocycles. The van der Waals surface area contributed by atoms with Crippen molar-refractivity contribution in [2.45, 2.75) is 44.4 Å². The molecule has 1 heterocycles. The van der Waals surface area contributed by atoms with E-state index >= 15 is 0 Å². The van der Waals surface area contributed by atoms with Crippen LogP contribution in [0.3, 0.4) is 0 Å². The summed E-state index contributed by atoms with van der Waals surface area (Å²) in [4.78, 5) is 4.31. The van der Waals surface area contributed by atoms with Crippen molar-refractivity contribution >= 4 is 10.0 Å². The maximum absolute atomic E-state index is 12.2. The first-order valence-electron chi connectivity index (χ1n) is 7.20. The second-order valence-electron chi connectivity index (χ2n) is 6.29. The average molecular weight is 322 g/mol. The maximum Gasteiger partial charge on any atom is 0.240 e. The third-order valence-corrected chi connectivity index (χ3v) is 4.81. The number of benzene rings is 1. The third kappa shape index (κ3) is 4.18. The Morgan fingerprint density at radius 3 is 2.32 bits per heavy atom. The zero-order chi connectivity index (χ0) is 16.4. The van der Waals surface area contributed by atoms with E-state index in [2.05, 4.69) is 30.5 Å². The first kappa shape index (κ1) is 16.7. The molecule has 120 valence electrons. The molecule has 0 fully saturated rings. The highest BCUT2D eigenvalue weighted by atomic mass is 32.2. The van der Waals surface area contributed by atoms with Crippen molar-refractivity contribution in [3.63, 3.8) is 0 Å². The molecule has 0 aliphatic rings. The topological polar surface area (TPSA) is 72.2 Å². The van der Waals surface area contributed by atoms with Crippen molar-refractivity contribution in [3.8, 4) is 0 Å². The largest absolute Gasteiger partial charge is 0.446 e. The number of aromatic nitrogens is 1. The van der Waals surface area contributed by atoms with Gasteiger partial charge in [0.2, 0.25) is 10.0 Å². The fourth-order valence-corrected chi connectivity index (χ4v) is 3.06. The quantitative estimate of drug-likeness (QED) is 0.919. The van der Waals surface area contributed by atoms with Crippen LogP contribution in [0.25, 0.3) is 0 Å². The van der Waals surface area contributed by atoms with Gasteiger partial charge in [-0.2, -0.15) is 0 Å². The number of oxazole rings is 1. The molecule has 2 aromatic rings. The van der Waals surface area contributed by atoms with Gasteiger partial charge in [0.25, 0.3) is 0 Å².